The zero-order chi connectivity index (χ0) is 10.4. The van der Waals surface area contributed by atoms with Crippen LogP contribution in [0.4, 0.5) is 0 Å². The van der Waals surface area contributed by atoms with E-state index in [9.17, 15) is 0 Å². The first kappa shape index (κ1) is 11.0. The molecule has 0 aliphatic carbocycles. The van der Waals surface area contributed by atoms with E-state index < -0.39 is 0 Å². The molecule has 0 aliphatic rings. The molecule has 3 nitrogen and oxygen atoms in total. The molecule has 0 radical (unpaired) electrons. The summed E-state index contributed by atoms with van der Waals surface area (Å²) in [4.78, 5) is 5.12. The third kappa shape index (κ3) is 3.79. The average Bonchev–Trinajstić information content (AvgIpc) is 2.17. The molecule has 1 aromatic carbocycles. The maximum Gasteiger partial charge on any atom is 0.223 e. The van der Waals surface area contributed by atoms with Gasteiger partial charge in [-0.2, -0.15) is 0 Å². The maximum atomic E-state index is 5.12. The van der Waals surface area contributed by atoms with Crippen LogP contribution in [-0.4, -0.2) is 12.5 Å². The first-order valence-corrected chi connectivity index (χ1v) is 5.11. The van der Waals surface area contributed by atoms with Gasteiger partial charge in [0.1, 0.15) is 0 Å². The van der Waals surface area contributed by atoms with Crippen LogP contribution in [-0.2, 0) is 4.74 Å². The molecule has 0 aromatic heterocycles. The Morgan fingerprint density at radius 2 is 2.00 bits per heavy atom. The highest BCUT2D eigenvalue weighted by Crippen LogP contribution is 2.16. The van der Waals surface area contributed by atoms with Gasteiger partial charge in [0.25, 0.3) is 0 Å². The highest BCUT2D eigenvalue weighted by molar-refractivity contribution is 9.10. The fourth-order valence-electron chi connectivity index (χ4n) is 0.848. The quantitative estimate of drug-likeness (QED) is 0.473. The van der Waals surface area contributed by atoms with Crippen molar-refractivity contribution in [2.24, 2.45) is 5.16 Å². The molecule has 1 aromatic rings. The van der Waals surface area contributed by atoms with Crippen molar-refractivity contribution in [2.75, 3.05) is 6.61 Å². The Bertz CT molecular complexity index is 308. The van der Waals surface area contributed by atoms with E-state index in [2.05, 4.69) is 21.1 Å². The van der Waals surface area contributed by atoms with Gasteiger partial charge in [0.2, 0.25) is 5.90 Å². The summed E-state index contributed by atoms with van der Waals surface area (Å²) < 4.78 is 6.11. The monoisotopic (exact) mass is 257 g/mol. The van der Waals surface area contributed by atoms with Gasteiger partial charge in [0.05, 0.1) is 6.61 Å². The van der Waals surface area contributed by atoms with Crippen LogP contribution in [0.1, 0.15) is 13.8 Å². The summed E-state index contributed by atoms with van der Waals surface area (Å²) >= 11 is 3.33. The molecule has 14 heavy (non-hydrogen) atoms. The minimum absolute atomic E-state index is 0.524. The molecule has 0 fully saturated rings. The molecule has 4 heteroatoms. The van der Waals surface area contributed by atoms with Crippen molar-refractivity contribution in [1.82, 2.24) is 0 Å². The van der Waals surface area contributed by atoms with Gasteiger partial charge in [-0.1, -0.05) is 15.9 Å². The van der Waals surface area contributed by atoms with E-state index >= 15 is 0 Å². The molecular weight excluding hydrogens is 246 g/mol. The summed E-state index contributed by atoms with van der Waals surface area (Å²) in [5, 5.41) is 3.79. The summed E-state index contributed by atoms with van der Waals surface area (Å²) in [6.45, 7) is 4.25. The van der Waals surface area contributed by atoms with E-state index in [1.165, 1.54) is 0 Å². The minimum atomic E-state index is 0.524. The van der Waals surface area contributed by atoms with Crippen LogP contribution >= 0.6 is 15.9 Å². The second kappa shape index (κ2) is 5.65. The molecule has 76 valence electrons. The second-order valence-corrected chi connectivity index (χ2v) is 3.50. The first-order valence-electron chi connectivity index (χ1n) is 4.32. The van der Waals surface area contributed by atoms with E-state index in [-0.39, 0.29) is 0 Å². The molecule has 0 unspecified atom stereocenters. The van der Waals surface area contributed by atoms with Crippen molar-refractivity contribution in [3.05, 3.63) is 28.7 Å². The Morgan fingerprint density at radius 1 is 1.36 bits per heavy atom. The van der Waals surface area contributed by atoms with Crippen LogP contribution in [0.15, 0.2) is 33.9 Å². The molecule has 0 saturated heterocycles. The number of hydrogen-bond acceptors (Lipinski definition) is 3. The predicted molar refractivity (Wildman–Crippen MR) is 59.5 cm³/mol. The van der Waals surface area contributed by atoms with E-state index in [4.69, 9.17) is 9.57 Å². The summed E-state index contributed by atoms with van der Waals surface area (Å²) in [5.41, 5.74) is 0. The molecule has 0 heterocycles. The number of oxime groups is 1. The summed E-state index contributed by atoms with van der Waals surface area (Å²) in [6.07, 6.45) is 0. The van der Waals surface area contributed by atoms with Crippen LogP contribution in [0.5, 0.6) is 5.75 Å². The van der Waals surface area contributed by atoms with Crippen LogP contribution in [0, 0.1) is 0 Å². The van der Waals surface area contributed by atoms with Gasteiger partial charge < -0.3 is 9.57 Å². The lowest BCUT2D eigenvalue weighted by molar-refractivity contribution is 0.276. The molecule has 0 spiro atoms. The van der Waals surface area contributed by atoms with E-state index in [1.807, 2.05) is 31.2 Å². The van der Waals surface area contributed by atoms with Crippen LogP contribution in [0.25, 0.3) is 0 Å². The van der Waals surface area contributed by atoms with Gasteiger partial charge in [-0.05, 0) is 36.3 Å². The Labute approximate surface area is 91.8 Å². The number of halogens is 1. The normalized spacial score (nSPS) is 11.2. The highest BCUT2D eigenvalue weighted by Gasteiger charge is 1.93. The molecule has 1 rings (SSSR count). The molecule has 0 saturated carbocycles. The van der Waals surface area contributed by atoms with E-state index in [0.717, 1.165) is 4.47 Å². The fourth-order valence-corrected chi connectivity index (χ4v) is 1.11. The van der Waals surface area contributed by atoms with Crippen molar-refractivity contribution in [2.45, 2.75) is 13.8 Å². The lowest BCUT2D eigenvalue weighted by Gasteiger charge is -2.01. The largest absolute Gasteiger partial charge is 0.479 e. The first-order chi connectivity index (χ1) is 6.72. The van der Waals surface area contributed by atoms with Gasteiger partial charge in [-0.15, -0.1) is 0 Å². The van der Waals surface area contributed by atoms with Crippen molar-refractivity contribution in [3.8, 4) is 5.75 Å². The van der Waals surface area contributed by atoms with Crippen LogP contribution < -0.4 is 4.84 Å². The van der Waals surface area contributed by atoms with E-state index in [1.54, 1.807) is 6.92 Å². The molecule has 0 N–H and O–H groups in total. The van der Waals surface area contributed by atoms with Gasteiger partial charge in [-0.25, -0.2) is 0 Å². The second-order valence-electron chi connectivity index (χ2n) is 2.59. The number of ether oxygens (including phenoxy) is 1. The Hall–Kier alpha value is -1.03. The zero-order valence-corrected chi connectivity index (χ0v) is 9.74. The Morgan fingerprint density at radius 3 is 2.57 bits per heavy atom. The van der Waals surface area contributed by atoms with Crippen molar-refractivity contribution in [1.29, 1.82) is 0 Å². The van der Waals surface area contributed by atoms with Crippen molar-refractivity contribution in [3.63, 3.8) is 0 Å². The third-order valence-corrected chi connectivity index (χ3v) is 1.98. The minimum Gasteiger partial charge on any atom is -0.479 e. The third-order valence-electron chi connectivity index (χ3n) is 1.45. The number of benzene rings is 1. The van der Waals surface area contributed by atoms with Gasteiger partial charge in [0.15, 0.2) is 5.75 Å². The summed E-state index contributed by atoms with van der Waals surface area (Å²) in [5.74, 6) is 1.21. The smallest absolute Gasteiger partial charge is 0.223 e. The zero-order valence-electron chi connectivity index (χ0n) is 8.16. The Balaban J connectivity index is 2.53. The summed E-state index contributed by atoms with van der Waals surface area (Å²) in [6, 6.07) is 7.43. The SMILES string of the molecule is CCO/C(C)=N\Oc1ccc(Br)cc1. The number of nitrogens with zero attached hydrogens (tertiary/aromatic N) is 1. The number of hydrogen-bond donors (Lipinski definition) is 0. The highest BCUT2D eigenvalue weighted by atomic mass is 79.9. The maximum absolute atomic E-state index is 5.12. The molecule has 0 aliphatic heterocycles. The van der Waals surface area contributed by atoms with Gasteiger partial charge in [-0.3, -0.25) is 0 Å². The summed E-state index contributed by atoms with van der Waals surface area (Å²) in [7, 11) is 0. The van der Waals surface area contributed by atoms with Crippen LogP contribution in [0.2, 0.25) is 0 Å². The van der Waals surface area contributed by atoms with E-state index in [0.29, 0.717) is 18.3 Å². The topological polar surface area (TPSA) is 30.8 Å². The molecular formula is C10H12BrNO2. The van der Waals surface area contributed by atoms with Gasteiger partial charge in [0, 0.05) is 11.4 Å². The fraction of sp³-hybridized carbons (Fsp3) is 0.300. The average molecular weight is 258 g/mol. The number of rotatable bonds is 3. The van der Waals surface area contributed by atoms with Crippen LogP contribution in [0.3, 0.4) is 0 Å². The Kier molecular flexibility index (Phi) is 4.46. The predicted octanol–water partition coefficient (Wildman–Crippen LogP) is 3.20. The van der Waals surface area contributed by atoms with Crippen molar-refractivity contribution >= 4 is 21.8 Å². The molecule has 0 atom stereocenters. The molecule has 0 bridgehead atoms. The van der Waals surface area contributed by atoms with Crippen molar-refractivity contribution < 1.29 is 9.57 Å². The molecule has 0 amide bonds. The van der Waals surface area contributed by atoms with Gasteiger partial charge >= 0.3 is 0 Å². The standard InChI is InChI=1S/C10H12BrNO2/c1-3-13-8(2)12-14-10-6-4-9(11)5-7-10/h4-7H,3H2,1-2H3/b12-8-. The lowest BCUT2D eigenvalue weighted by atomic mass is 10.3. The lowest BCUT2D eigenvalue weighted by Crippen LogP contribution is -2.00.